The lowest BCUT2D eigenvalue weighted by atomic mass is 10.0. The number of rotatable bonds is 6. The van der Waals surface area contributed by atoms with Crippen molar-refractivity contribution in [1.82, 2.24) is 14.9 Å². The molecule has 0 aromatic carbocycles. The molecule has 2 atom stereocenters. The molecular formula is C19H25N3O2. The number of aromatic nitrogens is 2. The van der Waals surface area contributed by atoms with Crippen LogP contribution in [0.1, 0.15) is 30.8 Å². The largest absolute Gasteiger partial charge is 0.495 e. The first-order valence-corrected chi connectivity index (χ1v) is 8.44. The van der Waals surface area contributed by atoms with E-state index in [-0.39, 0.29) is 6.04 Å². The van der Waals surface area contributed by atoms with Gasteiger partial charge in [-0.25, -0.2) is 4.98 Å². The van der Waals surface area contributed by atoms with Crippen LogP contribution in [0.15, 0.2) is 36.5 Å². The maximum atomic E-state index is 5.42. The number of hydrogen-bond acceptors (Lipinski definition) is 5. The minimum Gasteiger partial charge on any atom is -0.495 e. The molecule has 3 heterocycles. The second-order valence-electron chi connectivity index (χ2n) is 6.29. The molecule has 1 fully saturated rings. The van der Waals surface area contributed by atoms with Crippen LogP contribution in [0.4, 0.5) is 0 Å². The predicted molar refractivity (Wildman–Crippen MR) is 93.4 cm³/mol. The number of likely N-dealkylation sites (tertiary alicyclic amines) is 1. The molecule has 2 aromatic rings. The molecule has 128 valence electrons. The van der Waals surface area contributed by atoms with Crippen LogP contribution in [-0.4, -0.2) is 42.2 Å². The van der Waals surface area contributed by atoms with Gasteiger partial charge in [0.2, 0.25) is 5.88 Å². The molecule has 1 aliphatic heterocycles. The monoisotopic (exact) mass is 327 g/mol. The molecular weight excluding hydrogens is 302 g/mol. The Hall–Kier alpha value is -2.14. The minimum absolute atomic E-state index is 0.288. The second-order valence-corrected chi connectivity index (χ2v) is 6.29. The summed E-state index contributed by atoms with van der Waals surface area (Å²) in [5.41, 5.74) is 2.12. The zero-order valence-corrected chi connectivity index (χ0v) is 14.6. The molecule has 2 aromatic heterocycles. The van der Waals surface area contributed by atoms with E-state index in [1.165, 1.54) is 6.42 Å². The van der Waals surface area contributed by atoms with E-state index < -0.39 is 0 Å². The SMILES string of the molecule is COc1cccc(C(C)N2CC[C@H](Cc3ncccc3OC)C2)n1. The first-order valence-electron chi connectivity index (χ1n) is 8.44. The molecule has 0 aliphatic carbocycles. The Morgan fingerprint density at radius 1 is 1.21 bits per heavy atom. The summed E-state index contributed by atoms with van der Waals surface area (Å²) >= 11 is 0. The van der Waals surface area contributed by atoms with Crippen molar-refractivity contribution < 1.29 is 9.47 Å². The van der Waals surface area contributed by atoms with Crippen LogP contribution < -0.4 is 9.47 Å². The van der Waals surface area contributed by atoms with Crippen LogP contribution in [0.5, 0.6) is 11.6 Å². The number of methoxy groups -OCH3 is 2. The highest BCUT2D eigenvalue weighted by Crippen LogP contribution is 2.30. The van der Waals surface area contributed by atoms with E-state index in [0.717, 1.165) is 36.6 Å². The standard InChI is InChI=1S/C19H25N3O2/c1-14(16-6-4-8-19(21-16)24-3)22-11-9-15(13-22)12-17-18(23-2)7-5-10-20-17/h4-8,10,14-15H,9,11-13H2,1-3H3/t14?,15-/m1/s1. The van der Waals surface area contributed by atoms with Crippen molar-refractivity contribution in [3.05, 3.63) is 47.9 Å². The van der Waals surface area contributed by atoms with Crippen LogP contribution in [0.2, 0.25) is 0 Å². The molecule has 1 aliphatic rings. The van der Waals surface area contributed by atoms with Crippen LogP contribution in [-0.2, 0) is 6.42 Å². The van der Waals surface area contributed by atoms with Gasteiger partial charge in [0.1, 0.15) is 5.75 Å². The normalized spacial score (nSPS) is 19.2. The maximum absolute atomic E-state index is 5.42. The highest BCUT2D eigenvalue weighted by molar-refractivity contribution is 5.27. The number of nitrogens with zero attached hydrogens (tertiary/aromatic N) is 3. The molecule has 0 amide bonds. The molecule has 0 saturated carbocycles. The predicted octanol–water partition coefficient (Wildman–Crippen LogP) is 3.12. The van der Waals surface area contributed by atoms with Crippen molar-refractivity contribution in [2.45, 2.75) is 25.8 Å². The topological polar surface area (TPSA) is 47.5 Å². The van der Waals surface area contributed by atoms with Crippen LogP contribution in [0.3, 0.4) is 0 Å². The Labute approximate surface area is 143 Å². The first-order chi connectivity index (χ1) is 11.7. The average Bonchev–Trinajstić information content (AvgIpc) is 3.10. The van der Waals surface area contributed by atoms with Gasteiger partial charge in [-0.05, 0) is 50.4 Å². The molecule has 5 nitrogen and oxygen atoms in total. The van der Waals surface area contributed by atoms with E-state index in [4.69, 9.17) is 9.47 Å². The fourth-order valence-corrected chi connectivity index (χ4v) is 3.38. The Morgan fingerprint density at radius 2 is 2.08 bits per heavy atom. The Kier molecular flexibility index (Phi) is 5.30. The van der Waals surface area contributed by atoms with Gasteiger partial charge in [-0.15, -0.1) is 0 Å². The molecule has 0 radical (unpaired) electrons. The maximum Gasteiger partial charge on any atom is 0.213 e. The van der Waals surface area contributed by atoms with Gasteiger partial charge in [0.15, 0.2) is 0 Å². The Balaban J connectivity index is 1.64. The van der Waals surface area contributed by atoms with Crippen molar-refractivity contribution in [2.24, 2.45) is 5.92 Å². The third-order valence-corrected chi connectivity index (χ3v) is 4.80. The average molecular weight is 327 g/mol. The molecule has 5 heteroatoms. The first kappa shape index (κ1) is 16.7. The lowest BCUT2D eigenvalue weighted by Crippen LogP contribution is -2.25. The number of ether oxygens (including phenoxy) is 2. The van der Waals surface area contributed by atoms with Gasteiger partial charge in [0, 0.05) is 24.8 Å². The van der Waals surface area contributed by atoms with E-state index >= 15 is 0 Å². The molecule has 3 rings (SSSR count). The molecule has 1 unspecified atom stereocenters. The van der Waals surface area contributed by atoms with Crippen LogP contribution >= 0.6 is 0 Å². The molecule has 24 heavy (non-hydrogen) atoms. The summed E-state index contributed by atoms with van der Waals surface area (Å²) in [6.45, 7) is 4.35. The van der Waals surface area contributed by atoms with Gasteiger partial charge in [-0.1, -0.05) is 6.07 Å². The lowest BCUT2D eigenvalue weighted by Gasteiger charge is -2.24. The highest BCUT2D eigenvalue weighted by atomic mass is 16.5. The number of pyridine rings is 2. The third-order valence-electron chi connectivity index (χ3n) is 4.80. The van der Waals surface area contributed by atoms with Gasteiger partial charge in [0.25, 0.3) is 0 Å². The summed E-state index contributed by atoms with van der Waals surface area (Å²) in [7, 11) is 3.36. The van der Waals surface area contributed by atoms with E-state index in [0.29, 0.717) is 11.8 Å². The lowest BCUT2D eigenvalue weighted by molar-refractivity contribution is 0.246. The van der Waals surface area contributed by atoms with Crippen molar-refractivity contribution >= 4 is 0 Å². The summed E-state index contributed by atoms with van der Waals surface area (Å²) in [5, 5.41) is 0. The Bertz CT molecular complexity index is 677. The van der Waals surface area contributed by atoms with E-state index in [2.05, 4.69) is 27.9 Å². The second kappa shape index (κ2) is 7.62. The molecule has 1 saturated heterocycles. The van der Waals surface area contributed by atoms with Gasteiger partial charge in [0.05, 0.1) is 25.6 Å². The van der Waals surface area contributed by atoms with E-state index in [1.807, 2.05) is 30.5 Å². The van der Waals surface area contributed by atoms with E-state index in [1.54, 1.807) is 14.2 Å². The zero-order chi connectivity index (χ0) is 16.9. The highest BCUT2D eigenvalue weighted by Gasteiger charge is 2.28. The van der Waals surface area contributed by atoms with Crippen LogP contribution in [0, 0.1) is 5.92 Å². The fraction of sp³-hybridized carbons (Fsp3) is 0.474. The zero-order valence-electron chi connectivity index (χ0n) is 14.6. The molecule has 0 spiro atoms. The summed E-state index contributed by atoms with van der Waals surface area (Å²) in [6, 6.07) is 10.1. The fourth-order valence-electron chi connectivity index (χ4n) is 3.38. The van der Waals surface area contributed by atoms with Crippen LogP contribution in [0.25, 0.3) is 0 Å². The quantitative estimate of drug-likeness (QED) is 0.816. The van der Waals surface area contributed by atoms with Crippen molar-refractivity contribution in [1.29, 1.82) is 0 Å². The number of hydrogen-bond donors (Lipinski definition) is 0. The Morgan fingerprint density at radius 3 is 2.88 bits per heavy atom. The summed E-state index contributed by atoms with van der Waals surface area (Å²) in [5.74, 6) is 2.16. The van der Waals surface area contributed by atoms with Gasteiger partial charge in [-0.2, -0.15) is 0 Å². The third kappa shape index (κ3) is 3.67. The smallest absolute Gasteiger partial charge is 0.213 e. The summed E-state index contributed by atoms with van der Waals surface area (Å²) in [4.78, 5) is 11.6. The van der Waals surface area contributed by atoms with Gasteiger partial charge in [-0.3, -0.25) is 9.88 Å². The minimum atomic E-state index is 0.288. The van der Waals surface area contributed by atoms with Gasteiger partial charge < -0.3 is 9.47 Å². The summed E-state index contributed by atoms with van der Waals surface area (Å²) in [6.07, 6.45) is 3.97. The summed E-state index contributed by atoms with van der Waals surface area (Å²) < 4.78 is 10.7. The molecule has 0 N–H and O–H groups in total. The van der Waals surface area contributed by atoms with Crippen molar-refractivity contribution in [3.63, 3.8) is 0 Å². The van der Waals surface area contributed by atoms with Gasteiger partial charge >= 0.3 is 0 Å². The molecule has 0 bridgehead atoms. The van der Waals surface area contributed by atoms with Crippen molar-refractivity contribution in [2.75, 3.05) is 27.3 Å². The van der Waals surface area contributed by atoms with Crippen molar-refractivity contribution in [3.8, 4) is 11.6 Å². The van der Waals surface area contributed by atoms with E-state index in [9.17, 15) is 0 Å².